The van der Waals surface area contributed by atoms with Crippen LogP contribution in [0.4, 0.5) is 0 Å². The van der Waals surface area contributed by atoms with Gasteiger partial charge in [0.1, 0.15) is 0 Å². The molecule has 2 saturated heterocycles. The van der Waals surface area contributed by atoms with Crippen molar-refractivity contribution >= 4 is 24.2 Å². The van der Waals surface area contributed by atoms with Gasteiger partial charge in [0.25, 0.3) is 0 Å². The highest BCUT2D eigenvalue weighted by Crippen LogP contribution is 2.27. The van der Waals surface area contributed by atoms with Gasteiger partial charge in [-0.1, -0.05) is 19.3 Å². The minimum absolute atomic E-state index is 0. The molecule has 0 bridgehead atoms. The first-order valence-corrected chi connectivity index (χ1v) is 10.5. The molecule has 0 spiro atoms. The normalized spacial score (nSPS) is 22.8. The molecule has 0 radical (unpaired) electrons. The fraction of sp³-hybridized carbons (Fsp3) is 0.900. The van der Waals surface area contributed by atoms with Gasteiger partial charge in [-0.2, -0.15) is 0 Å². The molecule has 0 aromatic carbocycles. The number of nitrogens with zero attached hydrogens (tertiary/aromatic N) is 2. The maximum Gasteiger partial charge on any atom is 0.222 e. The molecule has 6 heteroatoms. The molecule has 1 saturated carbocycles. The Hall–Kier alpha value is -0.810. The Morgan fingerprint density at radius 2 is 1.35 bits per heavy atom. The summed E-state index contributed by atoms with van der Waals surface area (Å²) in [5, 5.41) is 3.38. The van der Waals surface area contributed by atoms with Gasteiger partial charge in [-0.05, 0) is 57.0 Å². The topological polar surface area (TPSA) is 52.7 Å². The lowest BCUT2D eigenvalue weighted by molar-refractivity contribution is -0.140. The predicted molar refractivity (Wildman–Crippen MR) is 106 cm³/mol. The third kappa shape index (κ3) is 6.41. The van der Waals surface area contributed by atoms with Crippen LogP contribution in [-0.4, -0.2) is 60.9 Å². The summed E-state index contributed by atoms with van der Waals surface area (Å²) in [7, 11) is 0. The van der Waals surface area contributed by atoms with Crippen LogP contribution in [0.1, 0.15) is 64.2 Å². The number of hydrogen-bond acceptors (Lipinski definition) is 3. The maximum absolute atomic E-state index is 12.5. The first-order chi connectivity index (χ1) is 12.2. The Bertz CT molecular complexity index is 440. The molecule has 1 N–H and O–H groups in total. The van der Waals surface area contributed by atoms with Crippen molar-refractivity contribution in [3.05, 3.63) is 0 Å². The molecule has 3 rings (SSSR count). The van der Waals surface area contributed by atoms with E-state index in [0.29, 0.717) is 24.2 Å². The lowest BCUT2D eigenvalue weighted by atomic mass is 9.86. The smallest absolute Gasteiger partial charge is 0.222 e. The lowest BCUT2D eigenvalue weighted by Crippen LogP contribution is -2.51. The largest absolute Gasteiger partial charge is 0.339 e. The van der Waals surface area contributed by atoms with Crippen molar-refractivity contribution in [3.63, 3.8) is 0 Å². The van der Waals surface area contributed by atoms with Crippen LogP contribution in [0, 0.1) is 11.8 Å². The Balaban J connectivity index is 0.00000243. The molecule has 2 heterocycles. The molecule has 0 atom stereocenters. The van der Waals surface area contributed by atoms with Crippen molar-refractivity contribution in [1.29, 1.82) is 0 Å². The van der Waals surface area contributed by atoms with Crippen molar-refractivity contribution in [3.8, 4) is 0 Å². The van der Waals surface area contributed by atoms with E-state index in [-0.39, 0.29) is 18.3 Å². The van der Waals surface area contributed by atoms with Gasteiger partial charge in [0, 0.05) is 39.0 Å². The Morgan fingerprint density at radius 1 is 0.769 bits per heavy atom. The number of rotatable bonds is 5. The number of nitrogens with one attached hydrogen (secondary N) is 1. The maximum atomic E-state index is 12.5. The highest BCUT2D eigenvalue weighted by atomic mass is 35.5. The van der Waals surface area contributed by atoms with Gasteiger partial charge < -0.3 is 15.1 Å². The van der Waals surface area contributed by atoms with Crippen LogP contribution >= 0.6 is 12.4 Å². The van der Waals surface area contributed by atoms with E-state index in [1.54, 1.807) is 0 Å². The summed E-state index contributed by atoms with van der Waals surface area (Å²) in [6, 6.07) is 0. The average molecular weight is 386 g/mol. The molecule has 0 unspecified atom stereocenters. The lowest BCUT2D eigenvalue weighted by Gasteiger charge is -2.36. The Morgan fingerprint density at radius 3 is 1.96 bits per heavy atom. The van der Waals surface area contributed by atoms with E-state index in [1.807, 2.05) is 9.80 Å². The van der Waals surface area contributed by atoms with Crippen LogP contribution in [0.2, 0.25) is 0 Å². The van der Waals surface area contributed by atoms with Gasteiger partial charge in [0.15, 0.2) is 0 Å². The average Bonchev–Trinajstić information content (AvgIpc) is 2.68. The highest BCUT2D eigenvalue weighted by molar-refractivity contribution is 5.85. The first-order valence-electron chi connectivity index (χ1n) is 10.5. The van der Waals surface area contributed by atoms with Gasteiger partial charge in [0.2, 0.25) is 11.8 Å². The Labute approximate surface area is 164 Å². The van der Waals surface area contributed by atoms with Crippen molar-refractivity contribution < 1.29 is 9.59 Å². The molecular weight excluding hydrogens is 350 g/mol. The molecule has 2 amide bonds. The zero-order valence-corrected chi connectivity index (χ0v) is 16.9. The molecule has 3 aliphatic rings. The van der Waals surface area contributed by atoms with Crippen LogP contribution in [-0.2, 0) is 9.59 Å². The van der Waals surface area contributed by atoms with Crippen LogP contribution in [0.3, 0.4) is 0 Å². The molecule has 150 valence electrons. The number of halogens is 1. The summed E-state index contributed by atoms with van der Waals surface area (Å²) in [4.78, 5) is 28.9. The zero-order valence-electron chi connectivity index (χ0n) is 16.1. The minimum atomic E-state index is 0. The second-order valence-electron chi connectivity index (χ2n) is 8.20. The fourth-order valence-corrected chi connectivity index (χ4v) is 4.63. The van der Waals surface area contributed by atoms with E-state index >= 15 is 0 Å². The van der Waals surface area contributed by atoms with E-state index in [2.05, 4.69) is 5.32 Å². The number of carbonyl (C=O) groups excluding carboxylic acids is 2. The highest BCUT2D eigenvalue weighted by Gasteiger charge is 2.26. The number of amides is 2. The molecule has 2 aliphatic heterocycles. The molecule has 26 heavy (non-hydrogen) atoms. The van der Waals surface area contributed by atoms with Gasteiger partial charge in [-0.3, -0.25) is 9.59 Å². The van der Waals surface area contributed by atoms with Crippen molar-refractivity contribution in [1.82, 2.24) is 15.1 Å². The summed E-state index contributed by atoms with van der Waals surface area (Å²) in [6.45, 7) is 5.10. The van der Waals surface area contributed by atoms with E-state index < -0.39 is 0 Å². The zero-order chi connectivity index (χ0) is 17.5. The van der Waals surface area contributed by atoms with Gasteiger partial charge in [0.05, 0.1) is 0 Å². The van der Waals surface area contributed by atoms with Gasteiger partial charge >= 0.3 is 0 Å². The second kappa shape index (κ2) is 11.1. The summed E-state index contributed by atoms with van der Waals surface area (Å²) >= 11 is 0. The standard InChI is InChI=1S/C20H35N3O2.ClH/c24-19(7-6-17-8-10-21-11-9-17)22-12-14-23(15-13-22)20(25)16-18-4-2-1-3-5-18;/h17-18,21H,1-16H2;1H. The quantitative estimate of drug-likeness (QED) is 0.791. The number of piperidine rings is 1. The van der Waals surface area contributed by atoms with Crippen molar-refractivity contribution in [2.75, 3.05) is 39.3 Å². The monoisotopic (exact) mass is 385 g/mol. The summed E-state index contributed by atoms with van der Waals surface area (Å²) in [6.07, 6.45) is 11.2. The first kappa shape index (κ1) is 21.5. The fourth-order valence-electron chi connectivity index (χ4n) is 4.63. The van der Waals surface area contributed by atoms with Crippen molar-refractivity contribution in [2.45, 2.75) is 64.2 Å². The van der Waals surface area contributed by atoms with E-state index in [4.69, 9.17) is 0 Å². The van der Waals surface area contributed by atoms with Gasteiger partial charge in [-0.15, -0.1) is 12.4 Å². The van der Waals surface area contributed by atoms with E-state index in [1.165, 1.54) is 44.9 Å². The van der Waals surface area contributed by atoms with Gasteiger partial charge in [-0.25, -0.2) is 0 Å². The Kier molecular flexibility index (Phi) is 9.20. The second-order valence-corrected chi connectivity index (χ2v) is 8.20. The number of hydrogen-bond donors (Lipinski definition) is 1. The van der Waals surface area contributed by atoms with Crippen LogP contribution < -0.4 is 5.32 Å². The summed E-state index contributed by atoms with van der Waals surface area (Å²) in [5.41, 5.74) is 0. The van der Waals surface area contributed by atoms with E-state index in [9.17, 15) is 9.59 Å². The molecule has 0 aromatic heterocycles. The molecule has 5 nitrogen and oxygen atoms in total. The SMILES string of the molecule is Cl.O=C(CCC1CCNCC1)N1CCN(C(=O)CC2CCCCC2)CC1. The van der Waals surface area contributed by atoms with Crippen LogP contribution in [0.5, 0.6) is 0 Å². The van der Waals surface area contributed by atoms with Crippen molar-refractivity contribution in [2.24, 2.45) is 11.8 Å². The third-order valence-electron chi connectivity index (χ3n) is 6.40. The molecule has 0 aromatic rings. The number of carbonyl (C=O) groups is 2. The molecule has 3 fully saturated rings. The third-order valence-corrected chi connectivity index (χ3v) is 6.40. The van der Waals surface area contributed by atoms with E-state index in [0.717, 1.165) is 52.1 Å². The molecular formula is C20H36ClN3O2. The van der Waals surface area contributed by atoms with Crippen LogP contribution in [0.25, 0.3) is 0 Å². The minimum Gasteiger partial charge on any atom is -0.339 e. The summed E-state index contributed by atoms with van der Waals surface area (Å²) < 4.78 is 0. The van der Waals surface area contributed by atoms with Crippen LogP contribution in [0.15, 0.2) is 0 Å². The predicted octanol–water partition coefficient (Wildman–Crippen LogP) is 2.83. The summed E-state index contributed by atoms with van der Waals surface area (Å²) in [5.74, 6) is 1.92. The number of piperazine rings is 1. The molecule has 1 aliphatic carbocycles.